The molecule has 2 aromatic rings. The fraction of sp³-hybridized carbons (Fsp3) is 0.250. The molecule has 0 aliphatic heterocycles. The second-order valence-electron chi connectivity index (χ2n) is 3.79. The first kappa shape index (κ1) is 10.5. The van der Waals surface area contributed by atoms with E-state index >= 15 is 0 Å². The largest absolute Gasteiger partial charge is 0.495 e. The Hall–Kier alpha value is -1.97. The third-order valence-corrected chi connectivity index (χ3v) is 2.75. The van der Waals surface area contributed by atoms with Crippen molar-refractivity contribution in [2.75, 3.05) is 12.8 Å². The number of ketones is 1. The molecule has 1 heterocycles. The molecule has 0 saturated heterocycles. The van der Waals surface area contributed by atoms with Crippen molar-refractivity contribution < 1.29 is 9.53 Å². The maximum absolute atomic E-state index is 11.5. The average molecular weight is 218 g/mol. The SMILES string of the molecule is COc1ccc2c(c(C(C)=O)cn2C)c1N. The molecule has 16 heavy (non-hydrogen) atoms. The topological polar surface area (TPSA) is 57.2 Å². The summed E-state index contributed by atoms with van der Waals surface area (Å²) >= 11 is 0. The smallest absolute Gasteiger partial charge is 0.162 e. The van der Waals surface area contributed by atoms with E-state index in [1.54, 1.807) is 13.3 Å². The van der Waals surface area contributed by atoms with E-state index in [1.807, 2.05) is 23.7 Å². The molecular formula is C12H14N2O2. The van der Waals surface area contributed by atoms with Gasteiger partial charge in [0, 0.05) is 24.2 Å². The molecule has 1 aromatic heterocycles. The zero-order chi connectivity index (χ0) is 11.9. The number of nitrogen functional groups attached to an aromatic ring is 1. The number of fused-ring (bicyclic) bond motifs is 1. The van der Waals surface area contributed by atoms with Gasteiger partial charge in [0.05, 0.1) is 18.3 Å². The standard InChI is InChI=1S/C12H14N2O2/c1-7(15)8-6-14(2)9-4-5-10(16-3)12(13)11(8)9/h4-6H,13H2,1-3H3. The van der Waals surface area contributed by atoms with Crippen molar-refractivity contribution in [1.29, 1.82) is 0 Å². The van der Waals surface area contributed by atoms with Gasteiger partial charge in [-0.05, 0) is 19.1 Å². The predicted octanol–water partition coefficient (Wildman–Crippen LogP) is 1.97. The van der Waals surface area contributed by atoms with Crippen molar-refractivity contribution in [3.8, 4) is 5.75 Å². The van der Waals surface area contributed by atoms with Crippen LogP contribution in [0.3, 0.4) is 0 Å². The number of carbonyl (C=O) groups excluding carboxylic acids is 1. The molecule has 4 heteroatoms. The first-order valence-electron chi connectivity index (χ1n) is 4.98. The van der Waals surface area contributed by atoms with Gasteiger partial charge in [0.25, 0.3) is 0 Å². The summed E-state index contributed by atoms with van der Waals surface area (Å²) in [7, 11) is 3.45. The van der Waals surface area contributed by atoms with E-state index in [1.165, 1.54) is 6.92 Å². The van der Waals surface area contributed by atoms with Crippen LogP contribution in [-0.2, 0) is 7.05 Å². The van der Waals surface area contributed by atoms with Crippen molar-refractivity contribution >= 4 is 22.4 Å². The van der Waals surface area contributed by atoms with Gasteiger partial charge in [-0.1, -0.05) is 0 Å². The monoisotopic (exact) mass is 218 g/mol. The first-order chi connectivity index (χ1) is 7.56. The molecule has 0 spiro atoms. The van der Waals surface area contributed by atoms with Gasteiger partial charge in [0.1, 0.15) is 5.75 Å². The second-order valence-corrected chi connectivity index (χ2v) is 3.79. The van der Waals surface area contributed by atoms with E-state index in [-0.39, 0.29) is 5.78 Å². The Morgan fingerprint density at radius 3 is 2.69 bits per heavy atom. The van der Waals surface area contributed by atoms with Crippen LogP contribution in [0.4, 0.5) is 5.69 Å². The number of carbonyl (C=O) groups is 1. The summed E-state index contributed by atoms with van der Waals surface area (Å²) in [5.74, 6) is 0.603. The Bertz CT molecular complexity index is 570. The molecule has 0 radical (unpaired) electrons. The first-order valence-corrected chi connectivity index (χ1v) is 4.98. The molecule has 0 amide bonds. The summed E-state index contributed by atoms with van der Waals surface area (Å²) in [6.07, 6.45) is 1.79. The Morgan fingerprint density at radius 1 is 1.44 bits per heavy atom. The van der Waals surface area contributed by atoms with Crippen LogP contribution in [0.15, 0.2) is 18.3 Å². The van der Waals surface area contributed by atoms with Gasteiger partial charge in [-0.2, -0.15) is 0 Å². The van der Waals surface area contributed by atoms with E-state index in [0.29, 0.717) is 17.0 Å². The van der Waals surface area contributed by atoms with E-state index in [2.05, 4.69) is 0 Å². The molecule has 1 aromatic carbocycles. The highest BCUT2D eigenvalue weighted by atomic mass is 16.5. The number of ether oxygens (including phenoxy) is 1. The maximum atomic E-state index is 11.5. The van der Waals surface area contributed by atoms with Gasteiger partial charge in [-0.15, -0.1) is 0 Å². The summed E-state index contributed by atoms with van der Waals surface area (Å²) in [5.41, 5.74) is 8.08. The number of benzene rings is 1. The quantitative estimate of drug-likeness (QED) is 0.619. The van der Waals surface area contributed by atoms with Gasteiger partial charge in [0.2, 0.25) is 0 Å². The van der Waals surface area contributed by atoms with Gasteiger partial charge in [0.15, 0.2) is 5.78 Å². The highest BCUT2D eigenvalue weighted by Crippen LogP contribution is 2.33. The van der Waals surface area contributed by atoms with Crippen LogP contribution in [-0.4, -0.2) is 17.5 Å². The molecular weight excluding hydrogens is 204 g/mol. The number of aryl methyl sites for hydroxylation is 1. The molecule has 0 bridgehead atoms. The van der Waals surface area contributed by atoms with E-state index in [0.717, 1.165) is 10.9 Å². The van der Waals surface area contributed by atoms with Crippen molar-refractivity contribution in [1.82, 2.24) is 4.57 Å². The van der Waals surface area contributed by atoms with Crippen LogP contribution in [0.5, 0.6) is 5.75 Å². The van der Waals surface area contributed by atoms with Gasteiger partial charge in [-0.3, -0.25) is 4.79 Å². The predicted molar refractivity (Wildman–Crippen MR) is 63.9 cm³/mol. The summed E-state index contributed by atoms with van der Waals surface area (Å²) < 4.78 is 7.04. The minimum absolute atomic E-state index is 0.00514. The van der Waals surface area contributed by atoms with Gasteiger partial charge in [-0.25, -0.2) is 0 Å². The van der Waals surface area contributed by atoms with Crippen molar-refractivity contribution in [3.63, 3.8) is 0 Å². The van der Waals surface area contributed by atoms with Gasteiger partial charge >= 0.3 is 0 Å². The summed E-state index contributed by atoms with van der Waals surface area (Å²) in [6, 6.07) is 3.71. The van der Waals surface area contributed by atoms with Crippen LogP contribution in [0.25, 0.3) is 10.9 Å². The van der Waals surface area contributed by atoms with Crippen LogP contribution < -0.4 is 10.5 Å². The van der Waals surface area contributed by atoms with Crippen LogP contribution >= 0.6 is 0 Å². The van der Waals surface area contributed by atoms with E-state index < -0.39 is 0 Å². The lowest BCUT2D eigenvalue weighted by molar-refractivity contribution is 0.101. The summed E-state index contributed by atoms with van der Waals surface area (Å²) in [6.45, 7) is 1.54. The van der Waals surface area contributed by atoms with Crippen LogP contribution in [0.2, 0.25) is 0 Å². The number of anilines is 1. The molecule has 4 nitrogen and oxygen atoms in total. The highest BCUT2D eigenvalue weighted by molar-refractivity contribution is 6.12. The molecule has 0 aliphatic rings. The second kappa shape index (κ2) is 3.56. The normalized spacial score (nSPS) is 10.7. The summed E-state index contributed by atoms with van der Waals surface area (Å²) in [5, 5.41) is 0.773. The number of nitrogens with zero attached hydrogens (tertiary/aromatic N) is 1. The molecule has 0 atom stereocenters. The van der Waals surface area contributed by atoms with Crippen molar-refractivity contribution in [2.45, 2.75) is 6.92 Å². The highest BCUT2D eigenvalue weighted by Gasteiger charge is 2.15. The Kier molecular flexibility index (Phi) is 2.34. The van der Waals surface area contributed by atoms with Crippen molar-refractivity contribution in [2.24, 2.45) is 7.05 Å². The van der Waals surface area contributed by atoms with Crippen molar-refractivity contribution in [3.05, 3.63) is 23.9 Å². The maximum Gasteiger partial charge on any atom is 0.162 e. The Balaban J connectivity index is 2.89. The number of nitrogens with two attached hydrogens (primary N) is 1. The number of rotatable bonds is 2. The fourth-order valence-corrected chi connectivity index (χ4v) is 1.94. The molecule has 84 valence electrons. The zero-order valence-electron chi connectivity index (χ0n) is 9.57. The number of hydrogen-bond acceptors (Lipinski definition) is 3. The third-order valence-electron chi connectivity index (χ3n) is 2.75. The Labute approximate surface area is 93.6 Å². The Morgan fingerprint density at radius 2 is 2.12 bits per heavy atom. The number of Topliss-reactive ketones (excluding diaryl/α,β-unsaturated/α-hetero) is 1. The zero-order valence-corrected chi connectivity index (χ0v) is 9.57. The lowest BCUT2D eigenvalue weighted by Crippen LogP contribution is -1.96. The summed E-state index contributed by atoms with van der Waals surface area (Å²) in [4.78, 5) is 11.5. The van der Waals surface area contributed by atoms with Crippen LogP contribution in [0, 0.1) is 0 Å². The van der Waals surface area contributed by atoms with E-state index in [4.69, 9.17) is 10.5 Å². The molecule has 0 unspecified atom stereocenters. The van der Waals surface area contributed by atoms with Crippen LogP contribution in [0.1, 0.15) is 17.3 Å². The molecule has 0 saturated carbocycles. The minimum Gasteiger partial charge on any atom is -0.495 e. The molecule has 0 fully saturated rings. The number of hydrogen-bond donors (Lipinski definition) is 1. The average Bonchev–Trinajstić information content (AvgIpc) is 2.58. The molecule has 2 rings (SSSR count). The fourth-order valence-electron chi connectivity index (χ4n) is 1.94. The number of methoxy groups -OCH3 is 1. The number of aromatic nitrogens is 1. The lowest BCUT2D eigenvalue weighted by Gasteiger charge is -2.06. The third kappa shape index (κ3) is 1.34. The van der Waals surface area contributed by atoms with E-state index in [9.17, 15) is 4.79 Å². The molecule has 2 N–H and O–H groups in total. The minimum atomic E-state index is 0.00514. The van der Waals surface area contributed by atoms with Gasteiger partial charge < -0.3 is 15.0 Å². The molecule has 0 aliphatic carbocycles. The lowest BCUT2D eigenvalue weighted by atomic mass is 10.1.